The van der Waals surface area contributed by atoms with E-state index in [9.17, 15) is 9.59 Å². The van der Waals surface area contributed by atoms with E-state index in [-0.39, 0.29) is 24.8 Å². The minimum atomic E-state index is -0.578. The van der Waals surface area contributed by atoms with Crippen molar-refractivity contribution >= 4 is 80.7 Å². The van der Waals surface area contributed by atoms with Gasteiger partial charge in [0.15, 0.2) is 23.8 Å². The van der Waals surface area contributed by atoms with E-state index in [4.69, 9.17) is 30.5 Å². The highest BCUT2D eigenvalue weighted by molar-refractivity contribution is 14.1. The third-order valence-corrected chi connectivity index (χ3v) is 5.86. The van der Waals surface area contributed by atoms with Gasteiger partial charge < -0.3 is 18.9 Å². The number of carbonyl (C=O) groups is 2. The van der Waals surface area contributed by atoms with E-state index in [1.165, 1.54) is 0 Å². The van der Waals surface area contributed by atoms with Crippen molar-refractivity contribution in [3.05, 3.63) is 59.3 Å². The summed E-state index contributed by atoms with van der Waals surface area (Å²) in [4.78, 5) is 28.4. The lowest BCUT2D eigenvalue weighted by atomic mass is 10.1. The fourth-order valence-electron chi connectivity index (χ4n) is 2.75. The second-order valence-electron chi connectivity index (χ2n) is 6.32. The molecular formula is C22H18ClI2NO6. The molecule has 10 heteroatoms. The predicted octanol–water partition coefficient (Wildman–Crippen LogP) is 5.23. The molecule has 168 valence electrons. The summed E-state index contributed by atoms with van der Waals surface area (Å²) in [5.74, 6) is -0.0376. The first-order valence-corrected chi connectivity index (χ1v) is 12.1. The average Bonchev–Trinajstić information content (AvgIpc) is 3.09. The van der Waals surface area contributed by atoms with Gasteiger partial charge in [-0.25, -0.2) is 14.6 Å². The minimum absolute atomic E-state index is 0.133. The van der Waals surface area contributed by atoms with Crippen molar-refractivity contribution in [1.29, 1.82) is 0 Å². The Balaban J connectivity index is 1.92. The van der Waals surface area contributed by atoms with Crippen LogP contribution in [0.3, 0.4) is 0 Å². The van der Waals surface area contributed by atoms with E-state index in [1.807, 2.05) is 13.0 Å². The fraction of sp³-hybridized carbons (Fsp3) is 0.227. The molecule has 0 saturated heterocycles. The van der Waals surface area contributed by atoms with Gasteiger partial charge in [-0.15, -0.1) is 0 Å². The summed E-state index contributed by atoms with van der Waals surface area (Å²) in [7, 11) is 0. The number of hydrogen-bond acceptors (Lipinski definition) is 7. The Bertz CT molecular complexity index is 1120. The molecule has 0 aliphatic carbocycles. The Labute approximate surface area is 217 Å². The largest absolute Gasteiger partial charge is 0.490 e. The second-order valence-corrected chi connectivity index (χ2v) is 9.13. The summed E-state index contributed by atoms with van der Waals surface area (Å²) < 4.78 is 23.2. The summed E-state index contributed by atoms with van der Waals surface area (Å²) in [5.41, 5.74) is 1.34. The molecule has 1 aliphatic rings. The van der Waals surface area contributed by atoms with Gasteiger partial charge in [-0.3, -0.25) is 0 Å². The number of aliphatic imine (C=N–C) groups is 1. The predicted molar refractivity (Wildman–Crippen MR) is 137 cm³/mol. The molecule has 32 heavy (non-hydrogen) atoms. The van der Waals surface area contributed by atoms with Crippen LogP contribution in [-0.4, -0.2) is 37.7 Å². The van der Waals surface area contributed by atoms with Gasteiger partial charge in [-0.1, -0.05) is 11.6 Å². The summed E-state index contributed by atoms with van der Waals surface area (Å²) >= 11 is 10.5. The van der Waals surface area contributed by atoms with Gasteiger partial charge in [0, 0.05) is 3.57 Å². The number of cyclic esters (lactones) is 1. The molecule has 3 rings (SSSR count). The van der Waals surface area contributed by atoms with Crippen LogP contribution >= 0.6 is 56.8 Å². The quantitative estimate of drug-likeness (QED) is 0.216. The van der Waals surface area contributed by atoms with Crippen LogP contribution in [0.4, 0.5) is 0 Å². The highest BCUT2D eigenvalue weighted by Gasteiger charge is 2.26. The molecule has 2 aromatic rings. The van der Waals surface area contributed by atoms with Crippen LogP contribution < -0.4 is 9.47 Å². The molecule has 0 aromatic heterocycles. The molecule has 0 fully saturated rings. The van der Waals surface area contributed by atoms with Gasteiger partial charge in [-0.2, -0.15) is 0 Å². The van der Waals surface area contributed by atoms with Crippen molar-refractivity contribution in [1.82, 2.24) is 0 Å². The number of nitrogens with zero attached hydrogens (tertiary/aromatic N) is 1. The zero-order valence-electron chi connectivity index (χ0n) is 17.1. The standard InChI is InChI=1S/C22H18ClI2NO6/c1-3-29-18-9-12(7-16(25)20(18)31-11-19(27)30-4-2)8-17-22(28)32-21(26-17)14-10-13(24)5-6-15(14)23/h5-10H,3-4,11H2,1-2H3/b17-8-. The number of benzene rings is 2. The van der Waals surface area contributed by atoms with Crippen molar-refractivity contribution in [2.75, 3.05) is 19.8 Å². The number of halogens is 3. The number of carbonyl (C=O) groups excluding carboxylic acids is 2. The highest BCUT2D eigenvalue weighted by Crippen LogP contribution is 2.35. The molecular weight excluding hydrogens is 664 g/mol. The number of esters is 2. The molecule has 0 amide bonds. The maximum Gasteiger partial charge on any atom is 0.363 e. The number of ether oxygens (including phenoxy) is 4. The average molecular weight is 682 g/mol. The van der Waals surface area contributed by atoms with Crippen LogP contribution in [0.2, 0.25) is 5.02 Å². The van der Waals surface area contributed by atoms with E-state index in [0.29, 0.717) is 37.8 Å². The van der Waals surface area contributed by atoms with Crippen LogP contribution in [0.1, 0.15) is 25.0 Å². The third kappa shape index (κ3) is 6.13. The van der Waals surface area contributed by atoms with E-state index in [2.05, 4.69) is 50.2 Å². The lowest BCUT2D eigenvalue weighted by Gasteiger charge is -2.14. The third-order valence-electron chi connectivity index (χ3n) is 4.05. The van der Waals surface area contributed by atoms with Gasteiger partial charge in [0.05, 0.1) is 27.4 Å². The van der Waals surface area contributed by atoms with Gasteiger partial charge in [0.1, 0.15) is 0 Å². The molecule has 2 aromatic carbocycles. The topological polar surface area (TPSA) is 83.4 Å². The fourth-order valence-corrected chi connectivity index (χ4v) is 4.22. The monoisotopic (exact) mass is 681 g/mol. The molecule has 0 atom stereocenters. The first-order valence-electron chi connectivity index (χ1n) is 9.55. The number of hydrogen-bond donors (Lipinski definition) is 0. The Hall–Kier alpha value is -1.86. The summed E-state index contributed by atoms with van der Waals surface area (Å²) in [6.07, 6.45) is 1.59. The molecule has 0 saturated carbocycles. The molecule has 0 spiro atoms. The zero-order chi connectivity index (χ0) is 23.3. The number of rotatable bonds is 8. The molecule has 0 N–H and O–H groups in total. The summed E-state index contributed by atoms with van der Waals surface area (Å²) in [6.45, 7) is 3.99. The molecule has 0 unspecified atom stereocenters. The van der Waals surface area contributed by atoms with Gasteiger partial charge >= 0.3 is 11.9 Å². The van der Waals surface area contributed by atoms with Crippen molar-refractivity contribution in [2.24, 2.45) is 4.99 Å². The Kier molecular flexibility index (Phi) is 8.77. The van der Waals surface area contributed by atoms with Gasteiger partial charge in [0.2, 0.25) is 5.90 Å². The first-order chi connectivity index (χ1) is 15.3. The van der Waals surface area contributed by atoms with Crippen LogP contribution in [0.5, 0.6) is 11.5 Å². The zero-order valence-corrected chi connectivity index (χ0v) is 22.2. The normalized spacial score (nSPS) is 14.2. The van der Waals surface area contributed by atoms with Crippen LogP contribution in [-0.2, 0) is 19.1 Å². The first kappa shape index (κ1) is 24.8. The SMILES string of the molecule is CCOC(=O)COc1c(I)cc(/C=C2\N=C(c3cc(I)ccc3Cl)OC2=O)cc1OCC. The van der Waals surface area contributed by atoms with Gasteiger partial charge in [0.25, 0.3) is 0 Å². The van der Waals surface area contributed by atoms with Crippen molar-refractivity contribution in [3.8, 4) is 11.5 Å². The van der Waals surface area contributed by atoms with Crippen molar-refractivity contribution in [2.45, 2.75) is 13.8 Å². The molecule has 1 aliphatic heterocycles. The maximum absolute atomic E-state index is 12.4. The molecule has 7 nitrogen and oxygen atoms in total. The lowest BCUT2D eigenvalue weighted by Crippen LogP contribution is -2.15. The van der Waals surface area contributed by atoms with Crippen molar-refractivity contribution < 1.29 is 28.5 Å². The van der Waals surface area contributed by atoms with E-state index in [0.717, 1.165) is 3.57 Å². The maximum atomic E-state index is 12.4. The molecule has 1 heterocycles. The Morgan fingerprint density at radius 2 is 1.94 bits per heavy atom. The Morgan fingerprint density at radius 1 is 1.16 bits per heavy atom. The van der Waals surface area contributed by atoms with E-state index < -0.39 is 11.9 Å². The van der Waals surface area contributed by atoms with E-state index >= 15 is 0 Å². The van der Waals surface area contributed by atoms with Crippen LogP contribution in [0, 0.1) is 7.14 Å². The highest BCUT2D eigenvalue weighted by atomic mass is 127. The van der Waals surface area contributed by atoms with Crippen LogP contribution in [0.25, 0.3) is 6.08 Å². The Morgan fingerprint density at radius 3 is 2.66 bits per heavy atom. The minimum Gasteiger partial charge on any atom is -0.490 e. The second kappa shape index (κ2) is 11.3. The van der Waals surface area contributed by atoms with Gasteiger partial charge in [-0.05, 0) is 101 Å². The molecule has 0 radical (unpaired) electrons. The summed E-state index contributed by atoms with van der Waals surface area (Å²) in [6, 6.07) is 8.86. The molecule has 0 bridgehead atoms. The van der Waals surface area contributed by atoms with Crippen molar-refractivity contribution in [3.63, 3.8) is 0 Å². The summed E-state index contributed by atoms with van der Waals surface area (Å²) in [5, 5.41) is 0.439. The van der Waals surface area contributed by atoms with E-state index in [1.54, 1.807) is 37.3 Å². The van der Waals surface area contributed by atoms with Crippen LogP contribution in [0.15, 0.2) is 41.0 Å². The smallest absolute Gasteiger partial charge is 0.363 e. The lowest BCUT2D eigenvalue weighted by molar-refractivity contribution is -0.145.